The zero-order valence-electron chi connectivity index (χ0n) is 11.1. The molecule has 0 radical (unpaired) electrons. The van der Waals surface area contributed by atoms with Crippen LogP contribution in [0.3, 0.4) is 0 Å². The number of carbonyl (C=O) groups is 2. The van der Waals surface area contributed by atoms with Crippen LogP contribution in [0.2, 0.25) is 0 Å². The van der Waals surface area contributed by atoms with Gasteiger partial charge in [0.25, 0.3) is 0 Å². The van der Waals surface area contributed by atoms with E-state index in [9.17, 15) is 23.1 Å². The van der Waals surface area contributed by atoms with Crippen molar-refractivity contribution in [2.45, 2.75) is 23.8 Å². The number of amides is 1. The summed E-state index contributed by atoms with van der Waals surface area (Å²) in [6, 6.07) is 4.09. The lowest BCUT2D eigenvalue weighted by molar-refractivity contribution is -0.155. The largest absolute Gasteiger partial charge is 0.479 e. The van der Waals surface area contributed by atoms with Crippen LogP contribution in [-0.4, -0.2) is 42.7 Å². The first-order valence-electron chi connectivity index (χ1n) is 6.00. The third-order valence-corrected chi connectivity index (χ3v) is 4.48. The molecule has 1 aromatic rings. The molecule has 0 fully saturated rings. The van der Waals surface area contributed by atoms with Gasteiger partial charge in [-0.2, -0.15) is 0 Å². The molecular formula is C12H14N2O6S. The number of nitrogens with one attached hydrogen (secondary N) is 2. The maximum atomic E-state index is 12.1. The molecule has 1 aliphatic heterocycles. The van der Waals surface area contributed by atoms with Crippen molar-refractivity contribution in [2.75, 3.05) is 11.9 Å². The van der Waals surface area contributed by atoms with Gasteiger partial charge in [-0.15, -0.1) is 0 Å². The highest BCUT2D eigenvalue weighted by Crippen LogP contribution is 2.25. The maximum Gasteiger partial charge on any atom is 0.336 e. The van der Waals surface area contributed by atoms with E-state index in [1.165, 1.54) is 18.2 Å². The first-order valence-corrected chi connectivity index (χ1v) is 7.48. The van der Waals surface area contributed by atoms with Crippen LogP contribution < -0.4 is 10.0 Å². The van der Waals surface area contributed by atoms with E-state index in [2.05, 4.69) is 5.32 Å². The van der Waals surface area contributed by atoms with Crippen LogP contribution >= 0.6 is 0 Å². The molecule has 1 amide bonds. The highest BCUT2D eigenvalue weighted by Gasteiger charge is 2.32. The smallest absolute Gasteiger partial charge is 0.336 e. The van der Waals surface area contributed by atoms with Crippen molar-refractivity contribution in [2.24, 2.45) is 0 Å². The van der Waals surface area contributed by atoms with Gasteiger partial charge in [-0.1, -0.05) is 0 Å². The summed E-state index contributed by atoms with van der Waals surface area (Å²) in [5, 5.41) is 20.8. The minimum Gasteiger partial charge on any atom is -0.479 e. The van der Waals surface area contributed by atoms with Gasteiger partial charge in [-0.05, 0) is 30.7 Å². The van der Waals surface area contributed by atoms with Gasteiger partial charge in [0.05, 0.1) is 17.9 Å². The lowest BCUT2D eigenvalue weighted by atomic mass is 10.1. The summed E-state index contributed by atoms with van der Waals surface area (Å²) in [7, 11) is -3.98. The lowest BCUT2D eigenvalue weighted by Crippen LogP contribution is -2.46. The topological polar surface area (TPSA) is 133 Å². The van der Waals surface area contributed by atoms with E-state index < -0.39 is 28.1 Å². The Morgan fingerprint density at radius 3 is 2.76 bits per heavy atom. The van der Waals surface area contributed by atoms with Crippen molar-refractivity contribution in [3.8, 4) is 0 Å². The third kappa shape index (κ3) is 3.20. The molecule has 1 aliphatic rings. The molecule has 0 aromatic heterocycles. The second-order valence-electron chi connectivity index (χ2n) is 4.95. The Labute approximate surface area is 120 Å². The van der Waals surface area contributed by atoms with Crippen LogP contribution in [0.15, 0.2) is 23.1 Å². The van der Waals surface area contributed by atoms with Gasteiger partial charge in [-0.3, -0.25) is 4.79 Å². The predicted octanol–water partition coefficient (Wildman–Crippen LogP) is -0.705. The van der Waals surface area contributed by atoms with E-state index >= 15 is 0 Å². The van der Waals surface area contributed by atoms with Gasteiger partial charge >= 0.3 is 5.97 Å². The van der Waals surface area contributed by atoms with E-state index in [0.717, 1.165) is 6.92 Å². The number of carbonyl (C=O) groups excluding carboxylic acids is 1. The fraction of sp³-hybridized carbons (Fsp3) is 0.333. The van der Waals surface area contributed by atoms with Crippen molar-refractivity contribution >= 4 is 27.6 Å². The third-order valence-electron chi connectivity index (χ3n) is 3.08. The number of hydrogen-bond acceptors (Lipinski definition) is 5. The molecule has 21 heavy (non-hydrogen) atoms. The fourth-order valence-corrected chi connectivity index (χ4v) is 2.95. The van der Waals surface area contributed by atoms with E-state index in [1.807, 2.05) is 4.72 Å². The Morgan fingerprint density at radius 1 is 1.48 bits per heavy atom. The number of aliphatic carboxylic acids is 1. The van der Waals surface area contributed by atoms with Gasteiger partial charge in [0.2, 0.25) is 15.9 Å². The normalized spacial score (nSPS) is 17.0. The van der Waals surface area contributed by atoms with Crippen molar-refractivity contribution in [1.29, 1.82) is 0 Å². The first kappa shape index (κ1) is 15.4. The van der Waals surface area contributed by atoms with Crippen LogP contribution in [0.25, 0.3) is 0 Å². The summed E-state index contributed by atoms with van der Waals surface area (Å²) in [6.07, 6.45) is 0.0888. The van der Waals surface area contributed by atoms with E-state index in [4.69, 9.17) is 5.11 Å². The number of sulfonamides is 1. The first-order chi connectivity index (χ1) is 9.62. The average Bonchev–Trinajstić information content (AvgIpc) is 2.75. The quantitative estimate of drug-likeness (QED) is 0.568. The fourth-order valence-electron chi connectivity index (χ4n) is 1.77. The molecule has 0 spiro atoms. The summed E-state index contributed by atoms with van der Waals surface area (Å²) >= 11 is 0. The second-order valence-corrected chi connectivity index (χ2v) is 6.71. The van der Waals surface area contributed by atoms with Crippen LogP contribution in [0.1, 0.15) is 12.5 Å². The predicted molar refractivity (Wildman–Crippen MR) is 72.2 cm³/mol. The number of benzene rings is 1. The van der Waals surface area contributed by atoms with E-state index in [1.54, 1.807) is 0 Å². The maximum absolute atomic E-state index is 12.1. The van der Waals surface area contributed by atoms with E-state index in [-0.39, 0.29) is 17.2 Å². The average molecular weight is 314 g/mol. The SMILES string of the molecule is CC(O)(CNS(=O)(=O)c1ccc2c(c1)CC(=O)N2)C(=O)O. The van der Waals surface area contributed by atoms with Crippen LogP contribution in [-0.2, 0) is 26.0 Å². The molecule has 9 heteroatoms. The molecule has 0 saturated carbocycles. The minimum absolute atomic E-state index is 0.0888. The lowest BCUT2D eigenvalue weighted by Gasteiger charge is -2.18. The number of carboxylic acids is 1. The van der Waals surface area contributed by atoms with Gasteiger partial charge in [0.1, 0.15) is 0 Å². The number of hydrogen-bond donors (Lipinski definition) is 4. The molecule has 114 valence electrons. The van der Waals surface area contributed by atoms with Gasteiger partial charge in [-0.25, -0.2) is 17.9 Å². The van der Waals surface area contributed by atoms with Crippen LogP contribution in [0, 0.1) is 0 Å². The monoisotopic (exact) mass is 314 g/mol. The molecule has 1 aromatic carbocycles. The molecule has 0 bridgehead atoms. The number of fused-ring (bicyclic) bond motifs is 1. The summed E-state index contributed by atoms with van der Waals surface area (Å²) in [6.45, 7) is 0.321. The molecule has 1 unspecified atom stereocenters. The second kappa shape index (κ2) is 5.10. The zero-order chi connectivity index (χ0) is 15.8. The summed E-state index contributed by atoms with van der Waals surface area (Å²) in [5.41, 5.74) is -1.11. The van der Waals surface area contributed by atoms with Crippen molar-refractivity contribution in [1.82, 2.24) is 4.72 Å². The number of rotatable bonds is 5. The highest BCUT2D eigenvalue weighted by atomic mass is 32.2. The standard InChI is InChI=1S/C12H14N2O6S/c1-12(18,11(16)17)6-13-21(19,20)8-2-3-9-7(4-8)5-10(15)14-9/h2-4,13,18H,5-6H2,1H3,(H,14,15)(H,16,17). The Balaban J connectivity index is 2.20. The van der Waals surface area contributed by atoms with Crippen LogP contribution in [0.5, 0.6) is 0 Å². The van der Waals surface area contributed by atoms with Crippen LogP contribution in [0.4, 0.5) is 5.69 Å². The van der Waals surface area contributed by atoms with Crippen molar-refractivity contribution < 1.29 is 28.2 Å². The Kier molecular flexibility index (Phi) is 3.74. The Bertz CT molecular complexity index is 710. The van der Waals surface area contributed by atoms with Gasteiger partial charge in [0.15, 0.2) is 5.60 Å². The molecule has 4 N–H and O–H groups in total. The molecule has 1 atom stereocenters. The molecule has 8 nitrogen and oxygen atoms in total. The van der Waals surface area contributed by atoms with Gasteiger partial charge < -0.3 is 15.5 Å². The van der Waals surface area contributed by atoms with Crippen molar-refractivity contribution in [3.63, 3.8) is 0 Å². The van der Waals surface area contributed by atoms with E-state index in [0.29, 0.717) is 11.3 Å². The number of anilines is 1. The Morgan fingerprint density at radius 2 is 2.14 bits per heavy atom. The summed E-state index contributed by atoms with van der Waals surface area (Å²) in [5.74, 6) is -1.75. The minimum atomic E-state index is -3.98. The molecule has 2 rings (SSSR count). The number of aliphatic hydroxyl groups is 1. The molecule has 0 aliphatic carbocycles. The highest BCUT2D eigenvalue weighted by molar-refractivity contribution is 7.89. The molecule has 0 saturated heterocycles. The molecular weight excluding hydrogens is 300 g/mol. The van der Waals surface area contributed by atoms with Crippen molar-refractivity contribution in [3.05, 3.63) is 23.8 Å². The summed E-state index contributed by atoms with van der Waals surface area (Å²) in [4.78, 5) is 21.9. The zero-order valence-corrected chi connectivity index (χ0v) is 11.9. The molecule has 1 heterocycles. The number of carboxylic acid groups (broad SMARTS) is 1. The van der Waals surface area contributed by atoms with Gasteiger partial charge in [0, 0.05) is 5.69 Å². The Hall–Kier alpha value is -1.97. The summed E-state index contributed by atoms with van der Waals surface area (Å²) < 4.78 is 26.2.